The lowest BCUT2D eigenvalue weighted by molar-refractivity contribution is 0.217. The molecule has 166 valence electrons. The van der Waals surface area contributed by atoms with Crippen molar-refractivity contribution in [2.24, 2.45) is 5.92 Å². The number of hydrogen-bond acceptors (Lipinski definition) is 4. The van der Waals surface area contributed by atoms with Gasteiger partial charge in [0.25, 0.3) is 0 Å². The lowest BCUT2D eigenvalue weighted by Crippen LogP contribution is -2.44. The van der Waals surface area contributed by atoms with Crippen molar-refractivity contribution < 1.29 is 9.53 Å². The summed E-state index contributed by atoms with van der Waals surface area (Å²) in [6.07, 6.45) is 8.82. The Kier molecular flexibility index (Phi) is 10.5. The zero-order chi connectivity index (χ0) is 22.2. The van der Waals surface area contributed by atoms with E-state index < -0.39 is 8.32 Å². The molecule has 1 aromatic rings. The Morgan fingerprint density at radius 1 is 1.31 bits per heavy atom. The zero-order valence-electron chi connectivity index (χ0n) is 20.1. The number of allylic oxidation sites excluding steroid dienone is 1. The molecule has 0 saturated heterocycles. The second-order valence-corrected chi connectivity index (χ2v) is 15.8. The van der Waals surface area contributed by atoms with E-state index in [9.17, 15) is 5.11 Å². The fraction of sp³-hybridized carbons (Fsp3) is 0.708. The molecule has 0 aliphatic carbocycles. The highest BCUT2D eigenvalue weighted by Crippen LogP contribution is 2.38. The molecule has 1 heterocycles. The number of nitrogens with zero attached hydrogens (tertiary/aromatic N) is 1. The van der Waals surface area contributed by atoms with Crippen LogP contribution >= 0.6 is 11.3 Å². The molecule has 3 nitrogen and oxygen atoms in total. The van der Waals surface area contributed by atoms with E-state index in [1.165, 1.54) is 11.1 Å². The lowest BCUT2D eigenvalue weighted by Gasteiger charge is -2.39. The van der Waals surface area contributed by atoms with E-state index in [0.29, 0.717) is 5.92 Å². The van der Waals surface area contributed by atoms with E-state index in [0.717, 1.165) is 36.4 Å². The average Bonchev–Trinajstić information content (AvgIpc) is 3.01. The third-order valence-corrected chi connectivity index (χ3v) is 11.3. The van der Waals surface area contributed by atoms with Crippen molar-refractivity contribution in [1.82, 2.24) is 4.98 Å². The van der Waals surface area contributed by atoms with Crippen LogP contribution in [-0.4, -0.2) is 31.1 Å². The maximum absolute atomic E-state index is 9.20. The van der Waals surface area contributed by atoms with Gasteiger partial charge in [0.15, 0.2) is 8.32 Å². The summed E-state index contributed by atoms with van der Waals surface area (Å²) in [5.74, 6) is 0.393. The van der Waals surface area contributed by atoms with Crippen LogP contribution in [0, 0.1) is 12.8 Å². The molecule has 0 amide bonds. The van der Waals surface area contributed by atoms with Gasteiger partial charge in [-0.15, -0.1) is 11.3 Å². The van der Waals surface area contributed by atoms with Gasteiger partial charge in [0, 0.05) is 12.0 Å². The Morgan fingerprint density at radius 3 is 2.48 bits per heavy atom. The summed E-state index contributed by atoms with van der Waals surface area (Å²) < 4.78 is 6.82. The predicted molar refractivity (Wildman–Crippen MR) is 131 cm³/mol. The Morgan fingerprint density at radius 2 is 1.97 bits per heavy atom. The van der Waals surface area contributed by atoms with Gasteiger partial charge < -0.3 is 9.53 Å². The van der Waals surface area contributed by atoms with E-state index in [1.54, 1.807) is 11.3 Å². The normalized spacial score (nSPS) is 16.2. The molecule has 5 heteroatoms. The molecule has 2 unspecified atom stereocenters. The van der Waals surface area contributed by atoms with Crippen molar-refractivity contribution in [2.45, 2.75) is 98.4 Å². The van der Waals surface area contributed by atoms with E-state index in [4.69, 9.17) is 4.43 Å². The maximum Gasteiger partial charge on any atom is 0.192 e. The van der Waals surface area contributed by atoms with Gasteiger partial charge in [0.05, 0.1) is 16.8 Å². The van der Waals surface area contributed by atoms with E-state index in [-0.39, 0.29) is 17.7 Å². The molecule has 2 atom stereocenters. The van der Waals surface area contributed by atoms with Gasteiger partial charge in [0.1, 0.15) is 0 Å². The molecule has 1 aromatic heterocycles. The quantitative estimate of drug-likeness (QED) is 0.290. The third kappa shape index (κ3) is 9.29. The van der Waals surface area contributed by atoms with Gasteiger partial charge in [0.2, 0.25) is 0 Å². The minimum atomic E-state index is -1.88. The summed E-state index contributed by atoms with van der Waals surface area (Å²) in [6.45, 7) is 20.4. The largest absolute Gasteiger partial charge is 0.410 e. The Bertz CT molecular complexity index is 685. The summed E-state index contributed by atoms with van der Waals surface area (Å²) in [5.41, 5.74) is 3.70. The molecule has 0 aliphatic rings. The molecule has 0 aromatic carbocycles. The SMILES string of the molecule is CC(=CCC(O[Si](C)(C)C(C)(C)C)/C(C)=C/c1csc(C)n1)CCCC(C)CO. The zero-order valence-corrected chi connectivity index (χ0v) is 21.9. The topological polar surface area (TPSA) is 42.4 Å². The van der Waals surface area contributed by atoms with Gasteiger partial charge in [-0.2, -0.15) is 0 Å². The summed E-state index contributed by atoms with van der Waals surface area (Å²) in [4.78, 5) is 4.60. The molecule has 0 bridgehead atoms. The number of aryl methyl sites for hydroxylation is 1. The van der Waals surface area contributed by atoms with E-state index in [2.05, 4.69) is 77.2 Å². The van der Waals surface area contributed by atoms with Crippen LogP contribution in [-0.2, 0) is 4.43 Å². The number of aliphatic hydroxyl groups excluding tert-OH is 1. The Labute approximate surface area is 184 Å². The third-order valence-electron chi connectivity index (χ3n) is 6.02. The lowest BCUT2D eigenvalue weighted by atomic mass is 10.0. The Hall–Kier alpha value is -0.753. The highest BCUT2D eigenvalue weighted by Gasteiger charge is 2.39. The second-order valence-electron chi connectivity index (χ2n) is 10.0. The fourth-order valence-electron chi connectivity index (χ4n) is 2.86. The van der Waals surface area contributed by atoms with E-state index in [1.807, 2.05) is 6.92 Å². The van der Waals surface area contributed by atoms with Crippen LogP contribution in [0.25, 0.3) is 6.08 Å². The second kappa shape index (κ2) is 11.6. The van der Waals surface area contributed by atoms with Crippen molar-refractivity contribution in [3.63, 3.8) is 0 Å². The molecule has 0 radical (unpaired) electrons. The van der Waals surface area contributed by atoms with Crippen LogP contribution in [0.15, 0.2) is 22.6 Å². The summed E-state index contributed by atoms with van der Waals surface area (Å²) in [5, 5.41) is 12.6. The van der Waals surface area contributed by atoms with Crippen LogP contribution in [0.4, 0.5) is 0 Å². The van der Waals surface area contributed by atoms with Gasteiger partial charge >= 0.3 is 0 Å². The number of hydrogen-bond donors (Lipinski definition) is 1. The van der Waals surface area contributed by atoms with Gasteiger partial charge in [-0.25, -0.2) is 4.98 Å². The molecule has 0 aliphatic heterocycles. The minimum absolute atomic E-state index is 0.0872. The first-order valence-corrected chi connectivity index (χ1v) is 14.7. The molecular formula is C24H43NO2SSi. The Balaban J connectivity index is 2.92. The minimum Gasteiger partial charge on any atom is -0.410 e. The molecule has 0 saturated carbocycles. The van der Waals surface area contributed by atoms with Crippen LogP contribution in [0.1, 0.15) is 77.9 Å². The fourth-order valence-corrected chi connectivity index (χ4v) is 4.78. The highest BCUT2D eigenvalue weighted by molar-refractivity contribution is 7.09. The first-order chi connectivity index (χ1) is 13.4. The predicted octanol–water partition coefficient (Wildman–Crippen LogP) is 7.38. The van der Waals surface area contributed by atoms with Crippen LogP contribution in [0.5, 0.6) is 0 Å². The number of thiazole rings is 1. The molecular weight excluding hydrogens is 394 g/mol. The molecule has 0 fully saturated rings. The van der Waals surface area contributed by atoms with Crippen LogP contribution < -0.4 is 0 Å². The van der Waals surface area contributed by atoms with Crippen molar-refractivity contribution in [3.8, 4) is 0 Å². The number of rotatable bonds is 11. The van der Waals surface area contributed by atoms with E-state index >= 15 is 0 Å². The first-order valence-electron chi connectivity index (χ1n) is 10.9. The van der Waals surface area contributed by atoms with Crippen molar-refractivity contribution in [2.75, 3.05) is 6.61 Å². The van der Waals surface area contributed by atoms with Crippen LogP contribution in [0.2, 0.25) is 18.1 Å². The standard InChI is InChI=1S/C24H43NO2SSi/c1-18(11-10-12-19(2)16-26)13-14-23(27-29(8,9)24(5,6)7)20(3)15-22-17-28-21(4)25-22/h13,15,17,19,23,26H,10-12,14,16H2,1-9H3/b18-13?,20-15+. The van der Waals surface area contributed by atoms with Crippen molar-refractivity contribution >= 4 is 25.7 Å². The van der Waals surface area contributed by atoms with Gasteiger partial charge in [-0.05, 0) is 82.2 Å². The maximum atomic E-state index is 9.20. The average molecular weight is 438 g/mol. The van der Waals surface area contributed by atoms with Crippen molar-refractivity contribution in [3.05, 3.63) is 33.3 Å². The molecule has 0 spiro atoms. The molecule has 1 rings (SSSR count). The smallest absolute Gasteiger partial charge is 0.192 e. The highest BCUT2D eigenvalue weighted by atomic mass is 32.1. The van der Waals surface area contributed by atoms with Gasteiger partial charge in [-0.3, -0.25) is 0 Å². The summed E-state index contributed by atoms with van der Waals surface area (Å²) >= 11 is 1.69. The summed E-state index contributed by atoms with van der Waals surface area (Å²) in [7, 11) is -1.88. The first kappa shape index (κ1) is 26.3. The molecule has 1 N–H and O–H groups in total. The summed E-state index contributed by atoms with van der Waals surface area (Å²) in [6, 6.07) is 0. The number of aromatic nitrogens is 1. The van der Waals surface area contributed by atoms with Crippen LogP contribution in [0.3, 0.4) is 0 Å². The monoisotopic (exact) mass is 437 g/mol. The van der Waals surface area contributed by atoms with Gasteiger partial charge in [-0.1, -0.05) is 39.3 Å². The molecule has 29 heavy (non-hydrogen) atoms. The van der Waals surface area contributed by atoms with Crippen molar-refractivity contribution in [1.29, 1.82) is 0 Å². The number of aliphatic hydroxyl groups is 1.